The van der Waals surface area contributed by atoms with E-state index in [1.165, 1.54) is 0 Å². The lowest BCUT2D eigenvalue weighted by Gasteiger charge is -2.07. The van der Waals surface area contributed by atoms with E-state index in [2.05, 4.69) is 16.0 Å². The van der Waals surface area contributed by atoms with E-state index in [0.717, 1.165) is 28.4 Å². The molecule has 4 heteroatoms. The molecule has 0 amide bonds. The van der Waals surface area contributed by atoms with Crippen molar-refractivity contribution >= 4 is 5.78 Å². The van der Waals surface area contributed by atoms with E-state index in [-0.39, 0.29) is 5.78 Å². The van der Waals surface area contributed by atoms with Crippen LogP contribution in [0.4, 0.5) is 0 Å². The van der Waals surface area contributed by atoms with Crippen molar-refractivity contribution in [2.75, 3.05) is 7.11 Å². The smallest absolute Gasteiger partial charge is 0.130 e. The van der Waals surface area contributed by atoms with Crippen LogP contribution in [0.3, 0.4) is 0 Å². The maximum absolute atomic E-state index is 11.0. The predicted molar refractivity (Wildman–Crippen MR) is 74.3 cm³/mol. The monoisotopic (exact) mass is 258 g/mol. The summed E-state index contributed by atoms with van der Waals surface area (Å²) in [5.41, 5.74) is 3.07. The number of methoxy groups -OCH3 is 1. The molecule has 0 aliphatic heterocycles. The Balaban J connectivity index is 2.27. The molecule has 1 N–H and O–H groups in total. The first-order valence-corrected chi connectivity index (χ1v) is 6.28. The van der Waals surface area contributed by atoms with Crippen LogP contribution in [0.5, 0.6) is 5.75 Å². The van der Waals surface area contributed by atoms with Crippen molar-refractivity contribution < 1.29 is 9.53 Å². The van der Waals surface area contributed by atoms with Crippen molar-refractivity contribution in [2.24, 2.45) is 0 Å². The first-order valence-electron chi connectivity index (χ1n) is 6.28. The van der Waals surface area contributed by atoms with E-state index in [1.54, 1.807) is 20.2 Å². The van der Waals surface area contributed by atoms with Crippen molar-refractivity contribution in [3.63, 3.8) is 0 Å². The number of Topliss-reactive ketones (excluding diaryl/α,β-unsaturated/α-hetero) is 1. The maximum atomic E-state index is 11.0. The van der Waals surface area contributed by atoms with Gasteiger partial charge in [0.2, 0.25) is 0 Å². The molecule has 0 atom stereocenters. The SMILES string of the molecule is COc1ccc(C)cc1-c1cnc(CCC(C)=O)[nH]1. The number of aryl methyl sites for hydroxylation is 2. The Hall–Kier alpha value is -2.10. The highest BCUT2D eigenvalue weighted by Gasteiger charge is 2.09. The minimum atomic E-state index is 0.172. The molecule has 4 nitrogen and oxygen atoms in total. The molecule has 1 aromatic heterocycles. The number of H-pyrrole nitrogens is 1. The second-order valence-corrected chi connectivity index (χ2v) is 4.65. The molecule has 1 aromatic carbocycles. The third kappa shape index (κ3) is 3.22. The number of aromatic amines is 1. The van der Waals surface area contributed by atoms with Gasteiger partial charge in [0.25, 0.3) is 0 Å². The summed E-state index contributed by atoms with van der Waals surface area (Å²) in [6.07, 6.45) is 2.94. The van der Waals surface area contributed by atoms with Crippen LogP contribution < -0.4 is 4.74 Å². The van der Waals surface area contributed by atoms with Gasteiger partial charge in [-0.15, -0.1) is 0 Å². The number of carbonyl (C=O) groups is 1. The number of imidazole rings is 1. The maximum Gasteiger partial charge on any atom is 0.130 e. The quantitative estimate of drug-likeness (QED) is 0.897. The molecule has 2 rings (SSSR count). The number of nitrogens with one attached hydrogen (secondary N) is 1. The average molecular weight is 258 g/mol. The lowest BCUT2D eigenvalue weighted by Crippen LogP contribution is -1.95. The molecule has 2 aromatic rings. The average Bonchev–Trinajstić information content (AvgIpc) is 2.85. The number of ketones is 1. The Morgan fingerprint density at radius 3 is 2.89 bits per heavy atom. The van der Waals surface area contributed by atoms with Crippen molar-refractivity contribution in [3.05, 3.63) is 35.8 Å². The fourth-order valence-electron chi connectivity index (χ4n) is 1.95. The highest BCUT2D eigenvalue weighted by atomic mass is 16.5. The fourth-order valence-corrected chi connectivity index (χ4v) is 1.95. The molecular formula is C15H18N2O2. The third-order valence-electron chi connectivity index (χ3n) is 2.99. The van der Waals surface area contributed by atoms with Gasteiger partial charge < -0.3 is 14.5 Å². The van der Waals surface area contributed by atoms with Crippen LogP contribution in [0, 0.1) is 6.92 Å². The van der Waals surface area contributed by atoms with Gasteiger partial charge in [0.15, 0.2) is 0 Å². The van der Waals surface area contributed by atoms with Gasteiger partial charge in [0.05, 0.1) is 19.0 Å². The Labute approximate surface area is 112 Å². The van der Waals surface area contributed by atoms with Gasteiger partial charge in [-0.2, -0.15) is 0 Å². The Morgan fingerprint density at radius 2 is 2.21 bits per heavy atom. The van der Waals surface area contributed by atoms with E-state index < -0.39 is 0 Å². The molecule has 0 saturated carbocycles. The predicted octanol–water partition coefficient (Wildman–Crippen LogP) is 2.92. The van der Waals surface area contributed by atoms with Gasteiger partial charge >= 0.3 is 0 Å². The van der Waals surface area contributed by atoms with E-state index in [0.29, 0.717) is 12.8 Å². The molecule has 19 heavy (non-hydrogen) atoms. The minimum absolute atomic E-state index is 0.172. The van der Waals surface area contributed by atoms with Crippen LogP contribution in [0.25, 0.3) is 11.3 Å². The number of benzene rings is 1. The Bertz CT molecular complexity index is 588. The molecule has 0 spiro atoms. The van der Waals surface area contributed by atoms with Crippen LogP contribution in [-0.2, 0) is 11.2 Å². The highest BCUT2D eigenvalue weighted by molar-refractivity contribution is 5.75. The van der Waals surface area contributed by atoms with Crippen LogP contribution in [0.1, 0.15) is 24.7 Å². The van der Waals surface area contributed by atoms with Crippen LogP contribution in [0.15, 0.2) is 24.4 Å². The fraction of sp³-hybridized carbons (Fsp3) is 0.333. The number of hydrogen-bond donors (Lipinski definition) is 1. The van der Waals surface area contributed by atoms with Crippen LogP contribution in [0.2, 0.25) is 0 Å². The zero-order valence-corrected chi connectivity index (χ0v) is 11.5. The van der Waals surface area contributed by atoms with Gasteiger partial charge in [0.1, 0.15) is 17.4 Å². The number of carbonyl (C=O) groups excluding carboxylic acids is 1. The lowest BCUT2D eigenvalue weighted by molar-refractivity contribution is -0.117. The zero-order chi connectivity index (χ0) is 13.8. The molecule has 0 aliphatic carbocycles. The summed E-state index contributed by atoms with van der Waals surface area (Å²) < 4.78 is 5.36. The summed E-state index contributed by atoms with van der Waals surface area (Å²) in [5.74, 6) is 1.81. The van der Waals surface area contributed by atoms with Gasteiger partial charge in [-0.25, -0.2) is 4.98 Å². The number of rotatable bonds is 5. The molecule has 1 heterocycles. The number of hydrogen-bond acceptors (Lipinski definition) is 3. The molecule has 0 aliphatic rings. The summed E-state index contributed by atoms with van der Waals surface area (Å²) >= 11 is 0. The second-order valence-electron chi connectivity index (χ2n) is 4.65. The van der Waals surface area contributed by atoms with E-state index >= 15 is 0 Å². The molecule has 0 bridgehead atoms. The topological polar surface area (TPSA) is 55.0 Å². The van der Waals surface area contributed by atoms with Crippen molar-refractivity contribution in [2.45, 2.75) is 26.7 Å². The van der Waals surface area contributed by atoms with Crippen LogP contribution in [-0.4, -0.2) is 22.9 Å². The van der Waals surface area contributed by atoms with Gasteiger partial charge in [-0.05, 0) is 26.0 Å². The van der Waals surface area contributed by atoms with Crippen LogP contribution >= 0.6 is 0 Å². The number of nitrogens with zero attached hydrogens (tertiary/aromatic N) is 1. The van der Waals surface area contributed by atoms with Crippen molar-refractivity contribution in [1.29, 1.82) is 0 Å². The van der Waals surface area contributed by atoms with E-state index in [9.17, 15) is 4.79 Å². The minimum Gasteiger partial charge on any atom is -0.496 e. The second kappa shape index (κ2) is 5.69. The van der Waals surface area contributed by atoms with E-state index in [1.807, 2.05) is 19.1 Å². The Kier molecular flexibility index (Phi) is 4.00. The summed E-state index contributed by atoms with van der Waals surface area (Å²) in [6.45, 7) is 3.63. The standard InChI is InChI=1S/C15H18N2O2/c1-10-4-6-14(19-3)12(8-10)13-9-16-15(17-13)7-5-11(2)18/h4,6,8-9H,5,7H2,1-3H3,(H,16,17). The summed E-state index contributed by atoms with van der Waals surface area (Å²) in [6, 6.07) is 6.01. The van der Waals surface area contributed by atoms with Crippen molar-refractivity contribution in [3.8, 4) is 17.0 Å². The van der Waals surface area contributed by atoms with Crippen molar-refractivity contribution in [1.82, 2.24) is 9.97 Å². The summed E-state index contributed by atoms with van der Waals surface area (Å²) in [4.78, 5) is 18.5. The van der Waals surface area contributed by atoms with Gasteiger partial charge in [0, 0.05) is 18.4 Å². The molecule has 0 unspecified atom stereocenters. The zero-order valence-electron chi connectivity index (χ0n) is 11.5. The molecular weight excluding hydrogens is 240 g/mol. The Morgan fingerprint density at radius 1 is 1.42 bits per heavy atom. The number of ether oxygens (including phenoxy) is 1. The third-order valence-corrected chi connectivity index (χ3v) is 2.99. The molecule has 0 radical (unpaired) electrons. The summed E-state index contributed by atoms with van der Waals surface area (Å²) in [5, 5.41) is 0. The first-order chi connectivity index (χ1) is 9.10. The molecule has 0 saturated heterocycles. The van der Waals surface area contributed by atoms with Gasteiger partial charge in [-0.1, -0.05) is 11.6 Å². The number of aromatic nitrogens is 2. The molecule has 100 valence electrons. The van der Waals surface area contributed by atoms with Gasteiger partial charge in [-0.3, -0.25) is 0 Å². The molecule has 0 fully saturated rings. The summed E-state index contributed by atoms with van der Waals surface area (Å²) in [7, 11) is 1.65. The van der Waals surface area contributed by atoms with E-state index in [4.69, 9.17) is 4.74 Å². The normalized spacial score (nSPS) is 10.5. The lowest BCUT2D eigenvalue weighted by atomic mass is 10.1. The largest absolute Gasteiger partial charge is 0.496 e. The first kappa shape index (κ1) is 13.3. The highest BCUT2D eigenvalue weighted by Crippen LogP contribution is 2.29.